The van der Waals surface area contributed by atoms with E-state index in [2.05, 4.69) is 146 Å². The van der Waals surface area contributed by atoms with E-state index >= 15 is 0 Å². The van der Waals surface area contributed by atoms with E-state index < -0.39 is 0 Å². The number of fused-ring (bicyclic) bond motifs is 4. The second kappa shape index (κ2) is 11.8. The molecule has 0 radical (unpaired) electrons. The minimum absolute atomic E-state index is 0.00645. The summed E-state index contributed by atoms with van der Waals surface area (Å²) in [6.07, 6.45) is 7.64. The first-order valence-corrected chi connectivity index (χ1v) is 16.9. The smallest absolute Gasteiger partial charge is 0.138 e. The van der Waals surface area contributed by atoms with Crippen LogP contribution in [0.1, 0.15) is 57.2 Å². The number of anilines is 4. The van der Waals surface area contributed by atoms with Gasteiger partial charge in [0.1, 0.15) is 29.8 Å². The van der Waals surface area contributed by atoms with Crippen molar-refractivity contribution in [3.05, 3.63) is 132 Å². The Kier molecular flexibility index (Phi) is 7.36. The summed E-state index contributed by atoms with van der Waals surface area (Å²) in [5.41, 5.74) is 8.95. The van der Waals surface area contributed by atoms with Gasteiger partial charge in [-0.2, -0.15) is 0 Å². The molecule has 7 heteroatoms. The van der Waals surface area contributed by atoms with E-state index in [1.807, 2.05) is 30.9 Å². The largest absolute Gasteiger partial charge is 0.457 e. The van der Waals surface area contributed by atoms with Gasteiger partial charge >= 0.3 is 0 Å². The molecule has 0 N–H and O–H groups in total. The summed E-state index contributed by atoms with van der Waals surface area (Å²) in [7, 11) is 0. The predicted octanol–water partition coefficient (Wildman–Crippen LogP) is 10.7. The fourth-order valence-electron chi connectivity index (χ4n) is 6.86. The lowest BCUT2D eigenvalue weighted by Gasteiger charge is -2.24. The van der Waals surface area contributed by atoms with Crippen LogP contribution in [0, 0.1) is 6.92 Å². The number of para-hydroxylation sites is 1. The molecule has 0 aliphatic carbocycles. The maximum Gasteiger partial charge on any atom is 0.138 e. The van der Waals surface area contributed by atoms with Gasteiger partial charge in [-0.25, -0.2) is 9.97 Å². The number of pyridine rings is 3. The second-order valence-electron chi connectivity index (χ2n) is 14.2. The lowest BCUT2D eigenvalue weighted by atomic mass is 9.88. The van der Waals surface area contributed by atoms with E-state index in [1.54, 1.807) is 0 Å². The van der Waals surface area contributed by atoms with Crippen LogP contribution in [0.3, 0.4) is 0 Å². The summed E-state index contributed by atoms with van der Waals surface area (Å²) in [4.78, 5) is 18.8. The summed E-state index contributed by atoms with van der Waals surface area (Å²) >= 11 is 0. The van der Waals surface area contributed by atoms with Crippen molar-refractivity contribution in [2.45, 2.75) is 52.9 Å². The van der Waals surface area contributed by atoms with Gasteiger partial charge in [0.05, 0.1) is 28.6 Å². The lowest BCUT2D eigenvalue weighted by molar-refractivity contribution is 0.483. The third-order valence-corrected chi connectivity index (χ3v) is 9.40. The first-order valence-electron chi connectivity index (χ1n) is 16.9. The molecule has 4 aromatic heterocycles. The molecule has 7 aromatic rings. The molecule has 1 aliphatic heterocycles. The first-order chi connectivity index (χ1) is 23.7. The second-order valence-corrected chi connectivity index (χ2v) is 14.2. The van der Waals surface area contributed by atoms with Gasteiger partial charge in [-0.15, -0.1) is 0 Å². The van der Waals surface area contributed by atoms with Crippen LogP contribution in [0.5, 0.6) is 11.5 Å². The van der Waals surface area contributed by atoms with Gasteiger partial charge < -0.3 is 14.5 Å². The first kappa shape index (κ1) is 30.6. The average molecular weight is 645 g/mol. The van der Waals surface area contributed by atoms with E-state index in [0.717, 1.165) is 62.2 Å². The zero-order valence-corrected chi connectivity index (χ0v) is 28.8. The van der Waals surface area contributed by atoms with Crippen molar-refractivity contribution >= 4 is 44.7 Å². The highest BCUT2D eigenvalue weighted by Gasteiger charge is 2.31. The van der Waals surface area contributed by atoms with Crippen molar-refractivity contribution in [3.8, 4) is 17.3 Å². The molecule has 0 unspecified atom stereocenters. The molecular weight excluding hydrogens is 605 g/mol. The van der Waals surface area contributed by atoms with E-state index in [-0.39, 0.29) is 5.41 Å². The molecule has 3 aromatic carbocycles. The van der Waals surface area contributed by atoms with Gasteiger partial charge in [-0.3, -0.25) is 9.55 Å². The average Bonchev–Trinajstić information content (AvgIpc) is 3.64. The summed E-state index contributed by atoms with van der Waals surface area (Å²) in [5.74, 6) is 3.73. The van der Waals surface area contributed by atoms with Crippen molar-refractivity contribution in [3.63, 3.8) is 0 Å². The third kappa shape index (κ3) is 5.45. The van der Waals surface area contributed by atoms with Gasteiger partial charge in [-0.05, 0) is 83.5 Å². The fourth-order valence-corrected chi connectivity index (χ4v) is 6.86. The molecule has 0 spiro atoms. The van der Waals surface area contributed by atoms with Crippen LogP contribution in [0.15, 0.2) is 116 Å². The summed E-state index contributed by atoms with van der Waals surface area (Å²) in [5, 5.41) is 2.34. The molecule has 5 heterocycles. The Morgan fingerprint density at radius 2 is 1.53 bits per heavy atom. The zero-order valence-electron chi connectivity index (χ0n) is 28.8. The van der Waals surface area contributed by atoms with E-state index in [4.69, 9.17) is 14.7 Å². The maximum absolute atomic E-state index is 6.62. The van der Waals surface area contributed by atoms with Gasteiger partial charge in [0.2, 0.25) is 0 Å². The minimum Gasteiger partial charge on any atom is -0.457 e. The molecule has 0 saturated heterocycles. The van der Waals surface area contributed by atoms with Crippen LogP contribution < -0.4 is 14.5 Å². The molecule has 0 atom stereocenters. The third-order valence-electron chi connectivity index (χ3n) is 9.40. The van der Waals surface area contributed by atoms with Crippen LogP contribution >= 0.6 is 0 Å². The van der Waals surface area contributed by atoms with Crippen LogP contribution in [0.2, 0.25) is 0 Å². The summed E-state index contributed by atoms with van der Waals surface area (Å²) in [6.45, 7) is 13.8. The Morgan fingerprint density at radius 3 is 2.37 bits per heavy atom. The standard InChI is InChI=1S/C42H40N6O/c1-27(2)35-20-28(3)24-45-41(35)47-26-46(37-17-18-43-25-39(37)47)30-10-9-11-31(22-30)49-32-14-15-34-33-12-7-8-13-36(33)48(38(34)23-32)40-21-29(16-19-44-40)42(4,5)6/h7-25,27H,26H2,1-6H3. The molecule has 0 amide bonds. The molecule has 0 fully saturated rings. The van der Waals surface area contributed by atoms with Crippen molar-refractivity contribution in [1.29, 1.82) is 0 Å². The highest BCUT2D eigenvalue weighted by atomic mass is 16.5. The number of rotatable bonds is 6. The number of hydrogen-bond donors (Lipinski definition) is 0. The summed E-state index contributed by atoms with van der Waals surface area (Å²) < 4.78 is 8.86. The number of ether oxygens (including phenoxy) is 1. The number of aryl methyl sites for hydroxylation is 1. The number of benzene rings is 3. The van der Waals surface area contributed by atoms with E-state index in [9.17, 15) is 0 Å². The Labute approximate surface area is 287 Å². The molecule has 0 saturated carbocycles. The quantitative estimate of drug-likeness (QED) is 0.180. The van der Waals surface area contributed by atoms with Crippen LogP contribution in [-0.2, 0) is 5.41 Å². The Hall–Kier alpha value is -5.69. The topological polar surface area (TPSA) is 59.3 Å². The lowest BCUT2D eigenvalue weighted by Crippen LogP contribution is -2.25. The molecule has 0 bridgehead atoms. The Morgan fingerprint density at radius 1 is 0.714 bits per heavy atom. The Bertz CT molecular complexity index is 2350. The Balaban J connectivity index is 1.16. The molecule has 7 nitrogen and oxygen atoms in total. The SMILES string of the molecule is Cc1cnc(N2CN(c3cccc(Oc4ccc5c6ccccc6n(-c6cc(C(C)(C)C)ccn6)c5c4)c3)c3ccncc32)c(C(C)C)c1. The highest BCUT2D eigenvalue weighted by Crippen LogP contribution is 2.45. The monoisotopic (exact) mass is 644 g/mol. The van der Waals surface area contributed by atoms with Crippen molar-refractivity contribution in [1.82, 2.24) is 19.5 Å². The predicted molar refractivity (Wildman–Crippen MR) is 200 cm³/mol. The number of nitrogens with zero attached hydrogens (tertiary/aromatic N) is 6. The molecule has 244 valence electrons. The highest BCUT2D eigenvalue weighted by molar-refractivity contribution is 6.09. The summed E-state index contributed by atoms with van der Waals surface area (Å²) in [6, 6.07) is 31.8. The van der Waals surface area contributed by atoms with E-state index in [0.29, 0.717) is 12.6 Å². The molecule has 8 rings (SSSR count). The number of aromatic nitrogens is 4. The van der Waals surface area contributed by atoms with Crippen molar-refractivity contribution in [2.75, 3.05) is 16.5 Å². The fraction of sp³-hybridized carbons (Fsp3) is 0.214. The zero-order chi connectivity index (χ0) is 33.9. The van der Waals surface area contributed by atoms with Crippen LogP contribution in [-0.4, -0.2) is 26.2 Å². The molecule has 49 heavy (non-hydrogen) atoms. The minimum atomic E-state index is 0.00645. The van der Waals surface area contributed by atoms with Gasteiger partial charge in [0.25, 0.3) is 0 Å². The van der Waals surface area contributed by atoms with Gasteiger partial charge in [0, 0.05) is 47.2 Å². The van der Waals surface area contributed by atoms with Crippen molar-refractivity contribution < 1.29 is 4.74 Å². The maximum atomic E-state index is 6.62. The normalized spacial score (nSPS) is 13.1. The van der Waals surface area contributed by atoms with Crippen LogP contribution in [0.4, 0.5) is 22.9 Å². The van der Waals surface area contributed by atoms with Gasteiger partial charge in [-0.1, -0.05) is 65.0 Å². The number of hydrogen-bond acceptors (Lipinski definition) is 6. The van der Waals surface area contributed by atoms with E-state index in [1.165, 1.54) is 16.5 Å². The molecule has 1 aliphatic rings. The molecular formula is C42H40N6O. The van der Waals surface area contributed by atoms with Gasteiger partial charge in [0.15, 0.2) is 0 Å². The van der Waals surface area contributed by atoms with Crippen LogP contribution in [0.25, 0.3) is 27.6 Å². The van der Waals surface area contributed by atoms with Crippen molar-refractivity contribution in [2.24, 2.45) is 0 Å².